The summed E-state index contributed by atoms with van der Waals surface area (Å²) in [4.78, 5) is 39.7. The number of ether oxygens (including phenoxy) is 1. The fraction of sp³-hybridized carbons (Fsp3) is 0.208. The first-order valence-corrected chi connectivity index (χ1v) is 10.2. The second kappa shape index (κ2) is 7.33. The second-order valence-electron chi connectivity index (χ2n) is 7.94. The van der Waals surface area contributed by atoms with E-state index in [-0.39, 0.29) is 17.9 Å². The van der Waals surface area contributed by atoms with Gasteiger partial charge in [0.25, 0.3) is 0 Å². The van der Waals surface area contributed by atoms with Crippen molar-refractivity contribution >= 4 is 28.6 Å². The topological polar surface area (TPSA) is 87.7 Å². The van der Waals surface area contributed by atoms with E-state index in [2.05, 4.69) is 10.6 Å². The van der Waals surface area contributed by atoms with Crippen LogP contribution in [0.1, 0.15) is 18.5 Å². The summed E-state index contributed by atoms with van der Waals surface area (Å²) in [6.45, 7) is 1.75. The number of benzene rings is 2. The summed E-state index contributed by atoms with van der Waals surface area (Å²) in [7, 11) is 0. The van der Waals surface area contributed by atoms with E-state index in [0.717, 1.165) is 27.3 Å². The summed E-state index contributed by atoms with van der Waals surface area (Å²) in [5, 5.41) is 7.47. The van der Waals surface area contributed by atoms with Crippen LogP contribution in [0.3, 0.4) is 0 Å². The highest BCUT2D eigenvalue weighted by atomic mass is 19.1. The van der Waals surface area contributed by atoms with Crippen LogP contribution < -0.4 is 10.6 Å². The molecule has 1 aliphatic carbocycles. The molecule has 2 aromatic rings. The molecule has 1 saturated heterocycles. The number of hydrogen-bond donors (Lipinski definition) is 2. The lowest BCUT2D eigenvalue weighted by atomic mass is 9.80. The molecule has 8 heteroatoms. The Morgan fingerprint density at radius 1 is 1.25 bits per heavy atom. The number of ketones is 1. The van der Waals surface area contributed by atoms with Crippen molar-refractivity contribution in [2.75, 3.05) is 6.54 Å². The maximum atomic E-state index is 14.2. The Labute approximate surface area is 183 Å². The molecule has 1 unspecified atom stereocenters. The summed E-state index contributed by atoms with van der Waals surface area (Å²) < 4.78 is 19.6. The van der Waals surface area contributed by atoms with Crippen molar-refractivity contribution in [2.24, 2.45) is 0 Å². The smallest absolute Gasteiger partial charge is 0.327 e. The minimum absolute atomic E-state index is 0.0543. The monoisotopic (exact) mass is 433 g/mol. The molecule has 0 radical (unpaired) electrons. The Balaban J connectivity index is 1.50. The van der Waals surface area contributed by atoms with Gasteiger partial charge >= 0.3 is 12.1 Å². The Bertz CT molecular complexity index is 1250. The number of carbonyl (C=O) groups excluding carboxylic acids is 3. The standard InChI is InChI=1S/C24H20FN3O4/c1-14(16-8-4-6-15-5-2-3-7-17(15)16)27-23(31)28-22(30)26-13-24(28)11-12-32-19-10-9-18(25)21(29)20(19)24/h2-12,14,18H,13H2,1H3,(H,26,30)(H,27,31)/t14-,18?,24+/m1/s1. The molecule has 4 amide bonds. The molecule has 2 heterocycles. The minimum Gasteiger partial charge on any atom is -0.465 e. The molecular weight excluding hydrogens is 413 g/mol. The molecule has 3 aliphatic rings. The van der Waals surface area contributed by atoms with E-state index in [1.807, 2.05) is 49.4 Å². The van der Waals surface area contributed by atoms with E-state index in [0.29, 0.717) is 0 Å². The Hall–Kier alpha value is -3.94. The van der Waals surface area contributed by atoms with Crippen molar-refractivity contribution in [2.45, 2.75) is 24.7 Å². The molecule has 7 nitrogen and oxygen atoms in total. The number of nitrogens with zero attached hydrogens (tertiary/aromatic N) is 1. The fourth-order valence-electron chi connectivity index (χ4n) is 4.54. The number of carbonyl (C=O) groups is 3. The third kappa shape index (κ3) is 2.90. The molecule has 2 aromatic carbocycles. The SMILES string of the molecule is C[C@@H](NC(=O)N1C(=O)NC[C@]12C=COC1=C2C(=O)C(F)C=C1)c1cccc2ccccc12. The summed E-state index contributed by atoms with van der Waals surface area (Å²) in [5.41, 5.74) is -0.645. The van der Waals surface area contributed by atoms with Crippen LogP contribution in [0.5, 0.6) is 0 Å². The van der Waals surface area contributed by atoms with Crippen molar-refractivity contribution in [1.29, 1.82) is 0 Å². The fourth-order valence-corrected chi connectivity index (χ4v) is 4.54. The number of fused-ring (bicyclic) bond motifs is 2. The van der Waals surface area contributed by atoms with Crippen LogP contribution in [0.15, 0.2) is 78.3 Å². The zero-order valence-corrected chi connectivity index (χ0v) is 17.2. The number of urea groups is 2. The average molecular weight is 433 g/mol. The zero-order chi connectivity index (χ0) is 22.5. The first-order valence-electron chi connectivity index (χ1n) is 10.2. The highest BCUT2D eigenvalue weighted by Crippen LogP contribution is 2.39. The maximum absolute atomic E-state index is 14.2. The quantitative estimate of drug-likeness (QED) is 0.757. The van der Waals surface area contributed by atoms with Gasteiger partial charge in [0.05, 0.1) is 24.4 Å². The second-order valence-corrected chi connectivity index (χ2v) is 7.94. The van der Waals surface area contributed by atoms with Crippen molar-refractivity contribution in [1.82, 2.24) is 15.5 Å². The van der Waals surface area contributed by atoms with Gasteiger partial charge in [-0.2, -0.15) is 0 Å². The van der Waals surface area contributed by atoms with Gasteiger partial charge in [0.2, 0.25) is 5.78 Å². The normalized spacial score (nSPS) is 25.1. The Morgan fingerprint density at radius 3 is 2.88 bits per heavy atom. The molecule has 2 N–H and O–H groups in total. The van der Waals surface area contributed by atoms with Crippen LogP contribution in [0.25, 0.3) is 10.8 Å². The highest BCUT2D eigenvalue weighted by Gasteiger charge is 2.56. The zero-order valence-electron chi connectivity index (χ0n) is 17.2. The van der Waals surface area contributed by atoms with Gasteiger partial charge in [0.15, 0.2) is 6.17 Å². The number of rotatable bonds is 2. The number of imide groups is 1. The molecule has 1 fully saturated rings. The predicted molar refractivity (Wildman–Crippen MR) is 115 cm³/mol. The third-order valence-electron chi connectivity index (χ3n) is 6.08. The third-order valence-corrected chi connectivity index (χ3v) is 6.08. The van der Waals surface area contributed by atoms with E-state index < -0.39 is 35.6 Å². The lowest BCUT2D eigenvalue weighted by molar-refractivity contribution is -0.119. The number of allylic oxidation sites excluding steroid dienone is 2. The van der Waals surface area contributed by atoms with Gasteiger partial charge in [0.1, 0.15) is 11.3 Å². The first kappa shape index (κ1) is 20.0. The van der Waals surface area contributed by atoms with Gasteiger partial charge in [-0.25, -0.2) is 18.9 Å². The number of Topliss-reactive ketones (excluding diaryl/α,β-unsaturated/α-hetero) is 1. The van der Waals surface area contributed by atoms with Crippen molar-refractivity contribution in [3.8, 4) is 0 Å². The molecular formula is C24H20FN3O4. The number of amides is 4. The van der Waals surface area contributed by atoms with Gasteiger partial charge in [-0.3, -0.25) is 4.79 Å². The Morgan fingerprint density at radius 2 is 2.03 bits per heavy atom. The maximum Gasteiger partial charge on any atom is 0.327 e. The highest BCUT2D eigenvalue weighted by molar-refractivity contribution is 6.08. The molecule has 1 spiro atoms. The van der Waals surface area contributed by atoms with E-state index in [9.17, 15) is 18.8 Å². The van der Waals surface area contributed by atoms with Gasteiger partial charge in [-0.1, -0.05) is 42.5 Å². The summed E-state index contributed by atoms with van der Waals surface area (Å²) >= 11 is 0. The van der Waals surface area contributed by atoms with Gasteiger partial charge in [0, 0.05) is 0 Å². The molecule has 0 saturated carbocycles. The van der Waals surface area contributed by atoms with Crippen molar-refractivity contribution in [3.63, 3.8) is 0 Å². The summed E-state index contributed by atoms with van der Waals surface area (Å²) in [6, 6.07) is 11.8. The number of alkyl halides is 1. The number of hydrogen-bond acceptors (Lipinski definition) is 4. The molecule has 3 atom stereocenters. The Kier molecular flexibility index (Phi) is 4.58. The lowest BCUT2D eigenvalue weighted by Gasteiger charge is -2.38. The van der Waals surface area contributed by atoms with Crippen LogP contribution in [0.2, 0.25) is 0 Å². The molecule has 32 heavy (non-hydrogen) atoms. The van der Waals surface area contributed by atoms with E-state index >= 15 is 0 Å². The lowest BCUT2D eigenvalue weighted by Crippen LogP contribution is -2.57. The number of halogens is 1. The van der Waals surface area contributed by atoms with E-state index in [1.165, 1.54) is 18.4 Å². The summed E-state index contributed by atoms with van der Waals surface area (Å²) in [6.07, 6.45) is 3.32. The average Bonchev–Trinajstić information content (AvgIpc) is 3.11. The summed E-state index contributed by atoms with van der Waals surface area (Å²) in [5.74, 6) is -0.703. The van der Waals surface area contributed by atoms with Crippen LogP contribution in [-0.2, 0) is 9.53 Å². The van der Waals surface area contributed by atoms with Crippen LogP contribution in [-0.4, -0.2) is 41.0 Å². The number of nitrogens with one attached hydrogen (secondary N) is 2. The minimum atomic E-state index is -1.86. The van der Waals surface area contributed by atoms with Gasteiger partial charge in [-0.05, 0) is 41.5 Å². The van der Waals surface area contributed by atoms with Crippen LogP contribution >= 0.6 is 0 Å². The largest absolute Gasteiger partial charge is 0.465 e. The molecule has 2 aliphatic heterocycles. The van der Waals surface area contributed by atoms with Crippen LogP contribution in [0.4, 0.5) is 14.0 Å². The van der Waals surface area contributed by atoms with Crippen LogP contribution in [0, 0.1) is 0 Å². The van der Waals surface area contributed by atoms with E-state index in [1.54, 1.807) is 0 Å². The molecule has 0 aromatic heterocycles. The molecule has 0 bridgehead atoms. The predicted octanol–water partition coefficient (Wildman–Crippen LogP) is 3.65. The first-order chi connectivity index (χ1) is 15.4. The van der Waals surface area contributed by atoms with E-state index in [4.69, 9.17) is 4.74 Å². The molecule has 5 rings (SSSR count). The molecule has 162 valence electrons. The van der Waals surface area contributed by atoms with Gasteiger partial charge in [-0.15, -0.1) is 0 Å². The van der Waals surface area contributed by atoms with Crippen molar-refractivity contribution < 1.29 is 23.5 Å². The van der Waals surface area contributed by atoms with Crippen molar-refractivity contribution in [3.05, 3.63) is 83.9 Å². The van der Waals surface area contributed by atoms with Gasteiger partial charge < -0.3 is 15.4 Å².